The molecule has 0 radical (unpaired) electrons. The number of nitrogens with zero attached hydrogens (tertiary/aromatic N) is 2. The minimum absolute atomic E-state index is 0.184. The highest BCUT2D eigenvalue weighted by Gasteiger charge is 2.12. The van der Waals surface area contributed by atoms with Gasteiger partial charge in [0.05, 0.1) is 5.39 Å². The van der Waals surface area contributed by atoms with Crippen molar-refractivity contribution in [2.75, 3.05) is 13.1 Å². The normalized spacial score (nSPS) is 11.7. The monoisotopic (exact) mass is 320 g/mol. The average molecular weight is 321 g/mol. The van der Waals surface area contributed by atoms with Gasteiger partial charge in [-0.05, 0) is 38.9 Å². The lowest BCUT2D eigenvalue weighted by molar-refractivity contribution is 0.262. The smallest absolute Gasteiger partial charge is 0.193 e. The van der Waals surface area contributed by atoms with Crippen molar-refractivity contribution in [2.24, 2.45) is 7.05 Å². The SMILES string of the molecule is CCCCCN(CCC)Cc1cc2c(=O)c(C)cn(C)c2s1. The van der Waals surface area contributed by atoms with E-state index in [4.69, 9.17) is 0 Å². The second-order valence-electron chi connectivity index (χ2n) is 6.17. The molecule has 0 aromatic carbocycles. The summed E-state index contributed by atoms with van der Waals surface area (Å²) in [6.45, 7) is 9.63. The molecule has 0 amide bonds. The fraction of sp³-hybridized carbons (Fsp3) is 0.611. The van der Waals surface area contributed by atoms with E-state index in [0.29, 0.717) is 0 Å². The van der Waals surface area contributed by atoms with E-state index >= 15 is 0 Å². The summed E-state index contributed by atoms with van der Waals surface area (Å²) in [7, 11) is 2.03. The molecule has 2 heterocycles. The molecule has 0 bridgehead atoms. The number of thiophene rings is 1. The molecular formula is C18H28N2OS. The molecule has 4 heteroatoms. The van der Waals surface area contributed by atoms with E-state index < -0.39 is 0 Å². The first-order chi connectivity index (χ1) is 10.6. The van der Waals surface area contributed by atoms with Crippen LogP contribution in [0.3, 0.4) is 0 Å². The second-order valence-corrected chi connectivity index (χ2v) is 7.28. The van der Waals surface area contributed by atoms with Crippen LogP contribution in [0, 0.1) is 6.92 Å². The first-order valence-corrected chi connectivity index (χ1v) is 9.19. The number of aryl methyl sites for hydroxylation is 2. The first kappa shape index (κ1) is 17.2. The van der Waals surface area contributed by atoms with Crippen molar-refractivity contribution in [1.29, 1.82) is 0 Å². The van der Waals surface area contributed by atoms with Crippen LogP contribution in [0.4, 0.5) is 0 Å². The molecule has 2 rings (SSSR count). The van der Waals surface area contributed by atoms with Gasteiger partial charge in [-0.2, -0.15) is 0 Å². The van der Waals surface area contributed by atoms with Gasteiger partial charge in [0.15, 0.2) is 5.43 Å². The molecule has 0 aliphatic heterocycles. The van der Waals surface area contributed by atoms with Crippen LogP contribution >= 0.6 is 11.3 Å². The van der Waals surface area contributed by atoms with Gasteiger partial charge in [-0.1, -0.05) is 26.7 Å². The molecule has 0 fully saturated rings. The van der Waals surface area contributed by atoms with Gasteiger partial charge in [0.25, 0.3) is 0 Å². The van der Waals surface area contributed by atoms with E-state index in [0.717, 1.165) is 35.4 Å². The maximum atomic E-state index is 12.3. The van der Waals surface area contributed by atoms with Crippen molar-refractivity contribution in [1.82, 2.24) is 9.47 Å². The quantitative estimate of drug-likeness (QED) is 0.677. The highest BCUT2D eigenvalue weighted by atomic mass is 32.1. The third-order valence-corrected chi connectivity index (χ3v) is 5.28. The molecule has 0 aliphatic rings. The van der Waals surface area contributed by atoms with E-state index in [2.05, 4.69) is 29.4 Å². The first-order valence-electron chi connectivity index (χ1n) is 8.37. The lowest BCUT2D eigenvalue weighted by Crippen LogP contribution is -2.24. The number of hydrogen-bond donors (Lipinski definition) is 0. The van der Waals surface area contributed by atoms with Crippen LogP contribution in [-0.4, -0.2) is 22.6 Å². The molecule has 0 spiro atoms. The highest BCUT2D eigenvalue weighted by Crippen LogP contribution is 2.24. The topological polar surface area (TPSA) is 25.2 Å². The lowest BCUT2D eigenvalue weighted by Gasteiger charge is -2.20. The number of unbranched alkanes of at least 4 members (excludes halogenated alkanes) is 2. The van der Waals surface area contributed by atoms with Gasteiger partial charge in [-0.15, -0.1) is 11.3 Å². The Morgan fingerprint density at radius 2 is 1.95 bits per heavy atom. The van der Waals surface area contributed by atoms with Crippen LogP contribution in [0.1, 0.15) is 50.0 Å². The minimum atomic E-state index is 0.184. The fourth-order valence-corrected chi connectivity index (χ4v) is 4.08. The number of rotatable bonds is 8. The Morgan fingerprint density at radius 3 is 2.64 bits per heavy atom. The van der Waals surface area contributed by atoms with E-state index in [-0.39, 0.29) is 5.43 Å². The Labute approximate surface area is 137 Å². The predicted octanol–water partition coefficient (Wildman–Crippen LogP) is 4.31. The molecule has 122 valence electrons. The van der Waals surface area contributed by atoms with Crippen LogP contribution in [0.2, 0.25) is 0 Å². The van der Waals surface area contributed by atoms with Crippen molar-refractivity contribution in [3.8, 4) is 0 Å². The molecule has 2 aromatic heterocycles. The van der Waals surface area contributed by atoms with Crippen LogP contribution in [0.25, 0.3) is 10.2 Å². The Kier molecular flexibility index (Phi) is 6.21. The molecule has 0 atom stereocenters. The molecule has 0 saturated carbocycles. The van der Waals surface area contributed by atoms with Gasteiger partial charge >= 0.3 is 0 Å². The molecule has 0 unspecified atom stereocenters. The maximum Gasteiger partial charge on any atom is 0.193 e. The second kappa shape index (κ2) is 7.93. The number of hydrogen-bond acceptors (Lipinski definition) is 3. The van der Waals surface area contributed by atoms with Gasteiger partial charge in [0.2, 0.25) is 0 Å². The zero-order valence-corrected chi connectivity index (χ0v) is 15.1. The number of fused-ring (bicyclic) bond motifs is 1. The molecule has 0 N–H and O–H groups in total. The average Bonchev–Trinajstić information content (AvgIpc) is 2.90. The Morgan fingerprint density at radius 1 is 1.18 bits per heavy atom. The number of aromatic nitrogens is 1. The zero-order valence-electron chi connectivity index (χ0n) is 14.3. The summed E-state index contributed by atoms with van der Waals surface area (Å²) < 4.78 is 2.08. The zero-order chi connectivity index (χ0) is 16.1. The van der Waals surface area contributed by atoms with Crippen molar-refractivity contribution in [2.45, 2.75) is 53.0 Å². The van der Waals surface area contributed by atoms with Crippen LogP contribution in [0.5, 0.6) is 0 Å². The maximum absolute atomic E-state index is 12.3. The van der Waals surface area contributed by atoms with Crippen molar-refractivity contribution >= 4 is 21.6 Å². The largest absolute Gasteiger partial charge is 0.342 e. The van der Waals surface area contributed by atoms with E-state index in [1.54, 1.807) is 11.3 Å². The van der Waals surface area contributed by atoms with E-state index in [1.165, 1.54) is 30.6 Å². The van der Waals surface area contributed by atoms with Gasteiger partial charge in [0, 0.05) is 30.2 Å². The van der Waals surface area contributed by atoms with E-state index in [9.17, 15) is 4.79 Å². The molecule has 2 aromatic rings. The summed E-state index contributed by atoms with van der Waals surface area (Å²) in [5, 5.41) is 0.882. The Balaban J connectivity index is 2.20. The van der Waals surface area contributed by atoms with Gasteiger partial charge in [0.1, 0.15) is 4.83 Å². The van der Waals surface area contributed by atoms with Crippen LogP contribution in [0.15, 0.2) is 17.1 Å². The van der Waals surface area contributed by atoms with Crippen LogP contribution in [-0.2, 0) is 13.6 Å². The van der Waals surface area contributed by atoms with Crippen molar-refractivity contribution in [3.05, 3.63) is 32.9 Å². The van der Waals surface area contributed by atoms with E-state index in [1.807, 2.05) is 20.2 Å². The Bertz CT molecular complexity index is 672. The van der Waals surface area contributed by atoms with Gasteiger partial charge in [-0.3, -0.25) is 9.69 Å². The van der Waals surface area contributed by atoms with Gasteiger partial charge < -0.3 is 4.57 Å². The third-order valence-electron chi connectivity index (χ3n) is 4.07. The summed E-state index contributed by atoms with van der Waals surface area (Å²) in [5.74, 6) is 0. The third kappa shape index (κ3) is 3.99. The van der Waals surface area contributed by atoms with Crippen molar-refractivity contribution < 1.29 is 0 Å². The summed E-state index contributed by atoms with van der Waals surface area (Å²) in [5.41, 5.74) is 1.01. The standard InChI is InChI=1S/C18H28N2OS/c1-5-7-8-10-20(9-6-2)13-15-11-16-17(21)14(3)12-19(4)18(16)22-15/h11-12H,5-10,13H2,1-4H3. The molecule has 0 aliphatic carbocycles. The fourth-order valence-electron chi connectivity index (χ4n) is 2.95. The lowest BCUT2D eigenvalue weighted by atomic mass is 10.2. The number of pyridine rings is 1. The van der Waals surface area contributed by atoms with Crippen molar-refractivity contribution in [3.63, 3.8) is 0 Å². The molecular weight excluding hydrogens is 292 g/mol. The van der Waals surface area contributed by atoms with Crippen LogP contribution < -0.4 is 5.43 Å². The summed E-state index contributed by atoms with van der Waals surface area (Å²) in [4.78, 5) is 17.2. The molecule has 3 nitrogen and oxygen atoms in total. The minimum Gasteiger partial charge on any atom is -0.342 e. The highest BCUT2D eigenvalue weighted by molar-refractivity contribution is 7.18. The summed E-state index contributed by atoms with van der Waals surface area (Å²) >= 11 is 1.76. The Hall–Kier alpha value is -1.13. The van der Waals surface area contributed by atoms with Gasteiger partial charge in [-0.25, -0.2) is 0 Å². The summed E-state index contributed by atoms with van der Waals surface area (Å²) in [6, 6.07) is 2.11. The summed E-state index contributed by atoms with van der Waals surface area (Å²) in [6.07, 6.45) is 6.94. The predicted molar refractivity (Wildman–Crippen MR) is 96.9 cm³/mol. The molecule has 22 heavy (non-hydrogen) atoms. The molecule has 0 saturated heterocycles.